The minimum absolute atomic E-state index is 0.548. The van der Waals surface area contributed by atoms with Gasteiger partial charge in [0, 0.05) is 38.9 Å². The second kappa shape index (κ2) is 7.86. The van der Waals surface area contributed by atoms with Gasteiger partial charge in [0.25, 0.3) is 0 Å². The van der Waals surface area contributed by atoms with Crippen LogP contribution in [0.4, 0.5) is 5.82 Å². The predicted molar refractivity (Wildman–Crippen MR) is 109 cm³/mol. The number of aromatic nitrogens is 2. The molecular weight excluding hydrogens is 356 g/mol. The Bertz CT molecular complexity index is 715. The summed E-state index contributed by atoms with van der Waals surface area (Å²) in [6.45, 7) is 5.77. The summed E-state index contributed by atoms with van der Waals surface area (Å²) in [5.74, 6) is 3.46. The number of fused-ring (bicyclic) bond motifs is 1. The second-order valence-electron chi connectivity index (χ2n) is 8.39. The molecule has 5 rings (SSSR count). The van der Waals surface area contributed by atoms with Gasteiger partial charge in [-0.15, -0.1) is 21.5 Å². The number of likely N-dealkylation sites (tertiary alicyclic amines) is 1. The summed E-state index contributed by atoms with van der Waals surface area (Å²) in [6, 6.07) is 8.84. The molecule has 3 aliphatic rings. The average molecular weight is 385 g/mol. The first-order chi connectivity index (χ1) is 13.3. The summed E-state index contributed by atoms with van der Waals surface area (Å²) in [6.07, 6.45) is 5.03. The number of nitrogens with zero attached hydrogens (tertiary/aromatic N) is 3. The van der Waals surface area contributed by atoms with E-state index >= 15 is 0 Å². The molecule has 2 aliphatic heterocycles. The molecule has 3 atom stereocenters. The quantitative estimate of drug-likeness (QED) is 0.851. The summed E-state index contributed by atoms with van der Waals surface area (Å²) in [5, 5.41) is 14.5. The summed E-state index contributed by atoms with van der Waals surface area (Å²) in [5.41, 5.74) is 0.961. The standard InChI is InChI=1S/C21H28N4OS/c1-2-20(27-9-1)19-3-4-21(24-23-19)22-18-10-16-13-25(14-17(16)11-18)12-15-5-7-26-8-6-15/h1-4,9,15-18H,5-8,10-14H2,(H,22,24)/t16-,17+,18+. The zero-order valence-corrected chi connectivity index (χ0v) is 16.5. The largest absolute Gasteiger partial charge is 0.381 e. The van der Waals surface area contributed by atoms with Gasteiger partial charge in [-0.2, -0.15) is 0 Å². The van der Waals surface area contributed by atoms with Gasteiger partial charge in [-0.1, -0.05) is 6.07 Å². The monoisotopic (exact) mass is 384 g/mol. The smallest absolute Gasteiger partial charge is 0.148 e. The van der Waals surface area contributed by atoms with Crippen molar-refractivity contribution in [2.45, 2.75) is 31.7 Å². The van der Waals surface area contributed by atoms with Crippen LogP contribution in [0.5, 0.6) is 0 Å². The summed E-state index contributed by atoms with van der Waals surface area (Å²) in [7, 11) is 0. The molecule has 0 spiro atoms. The van der Waals surface area contributed by atoms with Crippen molar-refractivity contribution in [2.75, 3.05) is 38.2 Å². The number of thiophene rings is 1. The molecule has 2 aromatic rings. The van der Waals surface area contributed by atoms with E-state index in [0.29, 0.717) is 6.04 Å². The van der Waals surface area contributed by atoms with Gasteiger partial charge in [0.2, 0.25) is 0 Å². The van der Waals surface area contributed by atoms with Gasteiger partial charge in [-0.3, -0.25) is 0 Å². The third kappa shape index (κ3) is 4.03. The van der Waals surface area contributed by atoms with Crippen LogP contribution in [0.15, 0.2) is 29.6 Å². The molecule has 1 aliphatic carbocycles. The topological polar surface area (TPSA) is 50.3 Å². The van der Waals surface area contributed by atoms with Crippen LogP contribution in [0.3, 0.4) is 0 Å². The molecule has 3 fully saturated rings. The van der Waals surface area contributed by atoms with Crippen molar-refractivity contribution in [2.24, 2.45) is 17.8 Å². The lowest BCUT2D eigenvalue weighted by Crippen LogP contribution is -2.32. The van der Waals surface area contributed by atoms with Gasteiger partial charge < -0.3 is 15.0 Å². The van der Waals surface area contributed by atoms with E-state index in [0.717, 1.165) is 42.5 Å². The second-order valence-corrected chi connectivity index (χ2v) is 9.34. The highest BCUT2D eigenvalue weighted by Crippen LogP contribution is 2.39. The molecule has 0 bridgehead atoms. The number of anilines is 1. The highest BCUT2D eigenvalue weighted by Gasteiger charge is 2.41. The number of hydrogen-bond donors (Lipinski definition) is 1. The van der Waals surface area contributed by atoms with E-state index in [1.165, 1.54) is 50.2 Å². The lowest BCUT2D eigenvalue weighted by atomic mass is 10.00. The lowest BCUT2D eigenvalue weighted by Gasteiger charge is -2.27. The van der Waals surface area contributed by atoms with Crippen molar-refractivity contribution in [1.29, 1.82) is 0 Å². The van der Waals surface area contributed by atoms with Crippen LogP contribution >= 0.6 is 11.3 Å². The van der Waals surface area contributed by atoms with Crippen LogP contribution in [0.25, 0.3) is 10.6 Å². The number of hydrogen-bond acceptors (Lipinski definition) is 6. The first-order valence-corrected chi connectivity index (χ1v) is 11.2. The van der Waals surface area contributed by atoms with Gasteiger partial charge in [0.05, 0.1) is 4.88 Å². The Balaban J connectivity index is 1.12. The fourth-order valence-corrected chi connectivity index (χ4v) is 5.82. The van der Waals surface area contributed by atoms with Gasteiger partial charge in [-0.25, -0.2) is 0 Å². The van der Waals surface area contributed by atoms with Gasteiger partial charge in [0.15, 0.2) is 0 Å². The molecule has 0 unspecified atom stereocenters. The molecule has 1 N–H and O–H groups in total. The summed E-state index contributed by atoms with van der Waals surface area (Å²) in [4.78, 5) is 3.89. The Kier molecular flexibility index (Phi) is 5.12. The Morgan fingerprint density at radius 1 is 1.07 bits per heavy atom. The molecule has 0 radical (unpaired) electrons. The van der Waals surface area contributed by atoms with Crippen molar-refractivity contribution >= 4 is 17.2 Å². The number of nitrogens with one attached hydrogen (secondary N) is 1. The van der Waals surface area contributed by atoms with Crippen molar-refractivity contribution in [3.05, 3.63) is 29.6 Å². The van der Waals surface area contributed by atoms with Crippen LogP contribution < -0.4 is 5.32 Å². The molecule has 4 heterocycles. The fraction of sp³-hybridized carbons (Fsp3) is 0.619. The van der Waals surface area contributed by atoms with E-state index in [2.05, 4.69) is 50.1 Å². The molecule has 0 amide bonds. The van der Waals surface area contributed by atoms with E-state index in [-0.39, 0.29) is 0 Å². The zero-order valence-electron chi connectivity index (χ0n) is 15.7. The first kappa shape index (κ1) is 17.6. The maximum atomic E-state index is 5.50. The third-order valence-electron chi connectivity index (χ3n) is 6.47. The fourth-order valence-electron chi connectivity index (χ4n) is 5.13. The number of ether oxygens (including phenoxy) is 1. The molecular formula is C21H28N4OS. The van der Waals surface area contributed by atoms with Gasteiger partial charge in [-0.05, 0) is 67.0 Å². The van der Waals surface area contributed by atoms with Gasteiger partial charge >= 0.3 is 0 Å². The Morgan fingerprint density at radius 2 is 1.89 bits per heavy atom. The Hall–Kier alpha value is -1.50. The molecule has 27 heavy (non-hydrogen) atoms. The number of rotatable bonds is 5. The zero-order chi connectivity index (χ0) is 18.1. The van der Waals surface area contributed by atoms with E-state index in [1.807, 2.05) is 0 Å². The van der Waals surface area contributed by atoms with Crippen LogP contribution in [0, 0.1) is 17.8 Å². The summed E-state index contributed by atoms with van der Waals surface area (Å²) < 4.78 is 5.50. The van der Waals surface area contributed by atoms with E-state index in [9.17, 15) is 0 Å². The maximum absolute atomic E-state index is 5.50. The van der Waals surface area contributed by atoms with Crippen LogP contribution in [0.1, 0.15) is 25.7 Å². The van der Waals surface area contributed by atoms with Crippen molar-refractivity contribution in [3.8, 4) is 10.6 Å². The van der Waals surface area contributed by atoms with Crippen LogP contribution in [-0.2, 0) is 4.74 Å². The molecule has 0 aromatic carbocycles. The van der Waals surface area contributed by atoms with E-state index < -0.39 is 0 Å². The van der Waals surface area contributed by atoms with E-state index in [4.69, 9.17) is 4.74 Å². The molecule has 1 saturated carbocycles. The van der Waals surface area contributed by atoms with Crippen LogP contribution in [-0.4, -0.2) is 54.0 Å². The highest BCUT2D eigenvalue weighted by atomic mass is 32.1. The SMILES string of the molecule is c1csc(-c2ccc(N[C@H]3C[C@@H]4CN(CC5CCOCC5)C[C@@H]4C3)nn2)c1. The van der Waals surface area contributed by atoms with Crippen molar-refractivity contribution < 1.29 is 4.74 Å². The summed E-state index contributed by atoms with van der Waals surface area (Å²) >= 11 is 1.70. The van der Waals surface area contributed by atoms with Crippen molar-refractivity contribution in [1.82, 2.24) is 15.1 Å². The van der Waals surface area contributed by atoms with Crippen LogP contribution in [0.2, 0.25) is 0 Å². The molecule has 2 aromatic heterocycles. The first-order valence-electron chi connectivity index (χ1n) is 10.3. The molecule has 6 heteroatoms. The Morgan fingerprint density at radius 3 is 2.56 bits per heavy atom. The molecule has 2 saturated heterocycles. The highest BCUT2D eigenvalue weighted by molar-refractivity contribution is 7.13. The minimum atomic E-state index is 0.548. The van der Waals surface area contributed by atoms with E-state index in [1.54, 1.807) is 11.3 Å². The maximum Gasteiger partial charge on any atom is 0.148 e. The van der Waals surface area contributed by atoms with Crippen molar-refractivity contribution in [3.63, 3.8) is 0 Å². The average Bonchev–Trinajstić information content (AvgIpc) is 3.40. The molecule has 144 valence electrons. The lowest BCUT2D eigenvalue weighted by molar-refractivity contribution is 0.0545. The Labute approximate surface area is 165 Å². The third-order valence-corrected chi connectivity index (χ3v) is 7.37. The minimum Gasteiger partial charge on any atom is -0.381 e. The normalized spacial score (nSPS) is 29.1. The molecule has 5 nitrogen and oxygen atoms in total. The van der Waals surface area contributed by atoms with Gasteiger partial charge in [0.1, 0.15) is 11.5 Å². The predicted octanol–water partition coefficient (Wildman–Crippen LogP) is 3.75.